The standard InChI is InChI=1S/C23H19F3N6O3/c1-3-35-22(34)19-12-27-32(21(19)23(24,25)26)18-8-4-15(5-9-18)20-13-31(30-29-20)17-10-6-16(7-11-17)28-14(2)33/h4-13H,3H2,1-2H3,(H,28,33). The number of alkyl halides is 3. The minimum atomic E-state index is -4.82. The van der Waals surface area contributed by atoms with Crippen molar-refractivity contribution in [3.05, 3.63) is 72.2 Å². The van der Waals surface area contributed by atoms with Gasteiger partial charge in [-0.05, 0) is 43.3 Å². The smallest absolute Gasteiger partial charge is 0.434 e. The number of carbonyl (C=O) groups is 2. The summed E-state index contributed by atoms with van der Waals surface area (Å²) in [6.45, 7) is 2.86. The van der Waals surface area contributed by atoms with Crippen LogP contribution < -0.4 is 5.32 Å². The van der Waals surface area contributed by atoms with Crippen LogP contribution in [0.15, 0.2) is 60.9 Å². The Morgan fingerprint density at radius 2 is 1.69 bits per heavy atom. The molecule has 0 bridgehead atoms. The first-order valence-corrected chi connectivity index (χ1v) is 10.4. The fourth-order valence-electron chi connectivity index (χ4n) is 3.37. The van der Waals surface area contributed by atoms with Gasteiger partial charge in [0.05, 0.1) is 30.4 Å². The quantitative estimate of drug-likeness (QED) is 0.410. The van der Waals surface area contributed by atoms with E-state index in [9.17, 15) is 22.8 Å². The molecule has 9 nitrogen and oxygen atoms in total. The number of amides is 1. The number of carbonyl (C=O) groups excluding carboxylic acids is 2. The van der Waals surface area contributed by atoms with E-state index in [1.54, 1.807) is 42.6 Å². The molecule has 2 aromatic heterocycles. The van der Waals surface area contributed by atoms with E-state index in [-0.39, 0.29) is 18.2 Å². The molecule has 0 saturated carbocycles. The SMILES string of the molecule is CCOC(=O)c1cnn(-c2ccc(-c3cn(-c4ccc(NC(C)=O)cc4)nn3)cc2)c1C(F)(F)F. The van der Waals surface area contributed by atoms with Gasteiger partial charge in [0.1, 0.15) is 11.3 Å². The molecule has 0 aliphatic rings. The van der Waals surface area contributed by atoms with Crippen molar-refractivity contribution < 1.29 is 27.5 Å². The topological polar surface area (TPSA) is 104 Å². The van der Waals surface area contributed by atoms with Crippen molar-refractivity contribution in [2.24, 2.45) is 0 Å². The first-order chi connectivity index (χ1) is 16.7. The van der Waals surface area contributed by atoms with E-state index in [2.05, 4.69) is 20.7 Å². The number of halogens is 3. The number of nitrogens with zero attached hydrogens (tertiary/aromatic N) is 5. The lowest BCUT2D eigenvalue weighted by Gasteiger charge is -2.12. The summed E-state index contributed by atoms with van der Waals surface area (Å²) in [4.78, 5) is 23.1. The van der Waals surface area contributed by atoms with Crippen molar-refractivity contribution in [2.75, 3.05) is 11.9 Å². The van der Waals surface area contributed by atoms with E-state index >= 15 is 0 Å². The molecule has 35 heavy (non-hydrogen) atoms. The Morgan fingerprint density at radius 1 is 1.03 bits per heavy atom. The van der Waals surface area contributed by atoms with Gasteiger partial charge in [0.25, 0.3) is 0 Å². The predicted octanol–water partition coefficient (Wildman–Crippen LogP) is 4.27. The lowest BCUT2D eigenvalue weighted by molar-refractivity contribution is -0.143. The van der Waals surface area contributed by atoms with Crippen LogP contribution in [0.2, 0.25) is 0 Å². The minimum Gasteiger partial charge on any atom is -0.462 e. The van der Waals surface area contributed by atoms with Crippen LogP contribution in [0.4, 0.5) is 18.9 Å². The van der Waals surface area contributed by atoms with Gasteiger partial charge in [-0.2, -0.15) is 18.3 Å². The zero-order valence-corrected chi connectivity index (χ0v) is 18.6. The summed E-state index contributed by atoms with van der Waals surface area (Å²) in [6.07, 6.45) is -2.32. The van der Waals surface area contributed by atoms with Gasteiger partial charge < -0.3 is 10.1 Å². The van der Waals surface area contributed by atoms with Gasteiger partial charge in [-0.25, -0.2) is 14.2 Å². The second kappa shape index (κ2) is 9.41. The van der Waals surface area contributed by atoms with Crippen molar-refractivity contribution >= 4 is 17.6 Å². The Bertz CT molecular complexity index is 1360. The molecule has 0 spiro atoms. The van der Waals surface area contributed by atoms with Gasteiger partial charge in [0.2, 0.25) is 5.91 Å². The van der Waals surface area contributed by atoms with Crippen LogP contribution >= 0.6 is 0 Å². The van der Waals surface area contributed by atoms with Crippen LogP contribution in [0.5, 0.6) is 0 Å². The molecule has 2 heterocycles. The number of ether oxygens (including phenoxy) is 1. The van der Waals surface area contributed by atoms with Crippen LogP contribution in [0.3, 0.4) is 0 Å². The molecule has 1 N–H and O–H groups in total. The van der Waals surface area contributed by atoms with Crippen LogP contribution in [0, 0.1) is 0 Å². The van der Waals surface area contributed by atoms with Crippen molar-refractivity contribution in [2.45, 2.75) is 20.0 Å². The molecular formula is C23H19F3N6O3. The number of anilines is 1. The normalized spacial score (nSPS) is 11.3. The maximum atomic E-state index is 13.7. The molecule has 0 atom stereocenters. The van der Waals surface area contributed by atoms with Crippen molar-refractivity contribution in [3.8, 4) is 22.6 Å². The second-order valence-corrected chi connectivity index (χ2v) is 7.36. The number of aromatic nitrogens is 5. The zero-order chi connectivity index (χ0) is 25.2. The minimum absolute atomic E-state index is 0.0594. The summed E-state index contributed by atoms with van der Waals surface area (Å²) in [7, 11) is 0. The van der Waals surface area contributed by atoms with Crippen LogP contribution in [0.1, 0.15) is 29.9 Å². The highest BCUT2D eigenvalue weighted by Gasteiger charge is 2.41. The highest BCUT2D eigenvalue weighted by Crippen LogP contribution is 2.34. The zero-order valence-electron chi connectivity index (χ0n) is 18.6. The first kappa shape index (κ1) is 23.7. The molecule has 4 rings (SSSR count). The van der Waals surface area contributed by atoms with Crippen molar-refractivity contribution in [1.29, 1.82) is 0 Å². The Balaban J connectivity index is 1.59. The summed E-state index contributed by atoms with van der Waals surface area (Å²) in [5, 5.41) is 14.6. The van der Waals surface area contributed by atoms with Crippen LogP contribution in [0.25, 0.3) is 22.6 Å². The molecule has 0 saturated heterocycles. The summed E-state index contributed by atoms with van der Waals surface area (Å²) >= 11 is 0. The fourth-order valence-corrected chi connectivity index (χ4v) is 3.37. The Kier molecular flexibility index (Phi) is 6.36. The van der Waals surface area contributed by atoms with Gasteiger partial charge in [-0.1, -0.05) is 17.3 Å². The molecule has 0 radical (unpaired) electrons. The molecule has 0 aliphatic carbocycles. The molecule has 1 amide bonds. The molecule has 0 aliphatic heterocycles. The highest BCUT2D eigenvalue weighted by atomic mass is 19.4. The Hall–Kier alpha value is -4.48. The third-order valence-electron chi connectivity index (χ3n) is 4.89. The van der Waals surface area contributed by atoms with E-state index in [1.165, 1.54) is 30.7 Å². The highest BCUT2D eigenvalue weighted by molar-refractivity contribution is 5.91. The van der Waals surface area contributed by atoms with E-state index in [1.807, 2.05) is 0 Å². The fraction of sp³-hybridized carbons (Fsp3) is 0.174. The number of hydrogen-bond acceptors (Lipinski definition) is 6. The number of rotatable bonds is 6. The molecular weight excluding hydrogens is 465 g/mol. The van der Waals surface area contributed by atoms with E-state index in [0.29, 0.717) is 27.3 Å². The first-order valence-electron chi connectivity index (χ1n) is 10.4. The number of esters is 1. The summed E-state index contributed by atoms with van der Waals surface area (Å²) in [6, 6.07) is 13.0. The lowest BCUT2D eigenvalue weighted by Crippen LogP contribution is -2.18. The average Bonchev–Trinajstić information content (AvgIpc) is 3.47. The average molecular weight is 484 g/mol. The monoisotopic (exact) mass is 484 g/mol. The third-order valence-corrected chi connectivity index (χ3v) is 4.89. The molecule has 4 aromatic rings. The maximum absolute atomic E-state index is 13.7. The Labute approximate surface area is 197 Å². The molecule has 2 aromatic carbocycles. The summed E-state index contributed by atoms with van der Waals surface area (Å²) in [5.41, 5.74) is 0.686. The lowest BCUT2D eigenvalue weighted by atomic mass is 10.1. The molecule has 0 fully saturated rings. The Morgan fingerprint density at radius 3 is 2.29 bits per heavy atom. The summed E-state index contributed by atoms with van der Waals surface area (Å²) in [5.74, 6) is -1.27. The van der Waals surface area contributed by atoms with Gasteiger partial charge in [0.15, 0.2) is 5.69 Å². The predicted molar refractivity (Wildman–Crippen MR) is 119 cm³/mol. The third kappa shape index (κ3) is 5.05. The van der Waals surface area contributed by atoms with Crippen molar-refractivity contribution in [3.63, 3.8) is 0 Å². The van der Waals surface area contributed by atoms with Crippen LogP contribution in [-0.4, -0.2) is 43.3 Å². The number of nitrogens with one attached hydrogen (secondary N) is 1. The van der Waals surface area contributed by atoms with E-state index in [0.717, 1.165) is 6.20 Å². The van der Waals surface area contributed by atoms with Crippen molar-refractivity contribution in [1.82, 2.24) is 24.8 Å². The molecule has 0 unspecified atom stereocenters. The second-order valence-electron chi connectivity index (χ2n) is 7.36. The maximum Gasteiger partial charge on any atom is 0.434 e. The van der Waals surface area contributed by atoms with Gasteiger partial charge in [-0.3, -0.25) is 4.79 Å². The number of hydrogen-bond donors (Lipinski definition) is 1. The largest absolute Gasteiger partial charge is 0.462 e. The van der Waals surface area contributed by atoms with E-state index in [4.69, 9.17) is 4.74 Å². The van der Waals surface area contributed by atoms with Gasteiger partial charge in [-0.15, -0.1) is 5.10 Å². The van der Waals surface area contributed by atoms with Gasteiger partial charge in [0, 0.05) is 18.2 Å². The number of benzene rings is 2. The molecule has 180 valence electrons. The molecule has 12 heteroatoms. The van der Waals surface area contributed by atoms with E-state index < -0.39 is 23.4 Å². The van der Waals surface area contributed by atoms with Gasteiger partial charge >= 0.3 is 12.1 Å². The summed E-state index contributed by atoms with van der Waals surface area (Å²) < 4.78 is 48.1. The van der Waals surface area contributed by atoms with Crippen LogP contribution in [-0.2, 0) is 15.7 Å².